The van der Waals surface area contributed by atoms with Gasteiger partial charge in [-0.15, -0.1) is 12.4 Å². The van der Waals surface area contributed by atoms with Gasteiger partial charge in [0, 0.05) is 17.6 Å². The average molecular weight is 414 g/mol. The summed E-state index contributed by atoms with van der Waals surface area (Å²) < 4.78 is 6.67. The minimum absolute atomic E-state index is 0. The van der Waals surface area contributed by atoms with Crippen molar-refractivity contribution in [3.05, 3.63) is 64.1 Å². The molecule has 2 aromatic rings. The predicted molar refractivity (Wildman–Crippen MR) is 103 cm³/mol. The number of amides is 1. The van der Waals surface area contributed by atoms with E-state index in [0.717, 1.165) is 15.8 Å². The van der Waals surface area contributed by atoms with E-state index in [-0.39, 0.29) is 18.3 Å². The number of halogens is 2. The summed E-state index contributed by atoms with van der Waals surface area (Å²) in [4.78, 5) is 12.0. The molecule has 0 saturated carbocycles. The van der Waals surface area contributed by atoms with Crippen LogP contribution >= 0.6 is 28.3 Å². The van der Waals surface area contributed by atoms with Crippen LogP contribution in [0.4, 0.5) is 0 Å². The van der Waals surface area contributed by atoms with Crippen molar-refractivity contribution >= 4 is 34.2 Å². The second kappa shape index (κ2) is 9.06. The summed E-state index contributed by atoms with van der Waals surface area (Å²) in [6.07, 6.45) is 0. The molecule has 2 aromatic carbocycles. The number of ether oxygens (including phenoxy) is 1. The number of carbonyl (C=O) groups is 1. The van der Waals surface area contributed by atoms with Crippen molar-refractivity contribution in [3.8, 4) is 5.75 Å². The fourth-order valence-corrected chi connectivity index (χ4v) is 2.28. The first-order valence-corrected chi connectivity index (χ1v) is 8.18. The van der Waals surface area contributed by atoms with Gasteiger partial charge in [0.05, 0.1) is 4.47 Å². The molecule has 0 atom stereocenters. The molecular weight excluding hydrogens is 392 g/mol. The zero-order chi connectivity index (χ0) is 16.9. The van der Waals surface area contributed by atoms with Crippen LogP contribution < -0.4 is 15.8 Å². The Balaban J connectivity index is 0.00000288. The number of rotatable bonds is 6. The molecule has 3 N–H and O–H groups in total. The number of nitrogens with one attached hydrogen (secondary N) is 1. The highest BCUT2D eigenvalue weighted by molar-refractivity contribution is 9.10. The molecule has 0 aromatic heterocycles. The monoisotopic (exact) mass is 412 g/mol. The summed E-state index contributed by atoms with van der Waals surface area (Å²) in [6, 6.07) is 15.1. The van der Waals surface area contributed by atoms with Crippen molar-refractivity contribution in [2.75, 3.05) is 6.54 Å². The summed E-state index contributed by atoms with van der Waals surface area (Å²) in [6.45, 7) is 4.62. The molecule has 130 valence electrons. The number of nitrogens with two attached hydrogens (primary N) is 1. The van der Waals surface area contributed by atoms with Crippen LogP contribution in [0.25, 0.3) is 0 Å². The van der Waals surface area contributed by atoms with Gasteiger partial charge in [-0.3, -0.25) is 4.79 Å². The van der Waals surface area contributed by atoms with Crippen molar-refractivity contribution in [2.24, 2.45) is 5.73 Å². The molecule has 0 unspecified atom stereocenters. The van der Waals surface area contributed by atoms with E-state index in [1.165, 1.54) is 0 Å². The molecule has 4 nitrogen and oxygen atoms in total. The fraction of sp³-hybridized carbons (Fsp3) is 0.278. The first-order valence-electron chi connectivity index (χ1n) is 7.38. The third-order valence-electron chi connectivity index (χ3n) is 3.15. The van der Waals surface area contributed by atoms with Crippen molar-refractivity contribution < 1.29 is 9.53 Å². The number of para-hydroxylation sites is 1. The highest BCUT2D eigenvalue weighted by Gasteiger charge is 2.13. The molecule has 24 heavy (non-hydrogen) atoms. The first-order chi connectivity index (χ1) is 10.8. The first kappa shape index (κ1) is 20.5. The predicted octanol–water partition coefficient (Wildman–Crippen LogP) is 3.92. The smallest absolute Gasteiger partial charge is 0.251 e. The molecule has 0 heterocycles. The van der Waals surface area contributed by atoms with Crippen molar-refractivity contribution in [2.45, 2.75) is 26.0 Å². The van der Waals surface area contributed by atoms with E-state index in [2.05, 4.69) is 21.2 Å². The number of hydrogen-bond acceptors (Lipinski definition) is 3. The van der Waals surface area contributed by atoms with Gasteiger partial charge in [-0.2, -0.15) is 0 Å². The summed E-state index contributed by atoms with van der Waals surface area (Å²) in [5.41, 5.74) is 7.04. The minimum Gasteiger partial charge on any atom is -0.488 e. The lowest BCUT2D eigenvalue weighted by molar-refractivity contribution is 0.0946. The normalized spacial score (nSPS) is 10.7. The van der Waals surface area contributed by atoms with Crippen LogP contribution in [0.5, 0.6) is 5.75 Å². The molecule has 0 saturated heterocycles. The van der Waals surface area contributed by atoms with Crippen LogP contribution in [0.2, 0.25) is 0 Å². The van der Waals surface area contributed by atoms with Gasteiger partial charge in [-0.05, 0) is 59.6 Å². The lowest BCUT2D eigenvalue weighted by Crippen LogP contribution is -2.45. The second-order valence-corrected chi connectivity index (χ2v) is 6.94. The van der Waals surface area contributed by atoms with E-state index in [1.54, 1.807) is 12.1 Å². The largest absolute Gasteiger partial charge is 0.488 e. The SMILES string of the molecule is CC(C)(N)CNC(=O)c1ccc(COc2ccccc2Br)cc1.Cl. The quantitative estimate of drug-likeness (QED) is 0.754. The van der Waals surface area contributed by atoms with Crippen LogP contribution in [-0.4, -0.2) is 18.0 Å². The lowest BCUT2D eigenvalue weighted by atomic mass is 10.1. The molecule has 0 radical (unpaired) electrons. The standard InChI is InChI=1S/C18H21BrN2O2.ClH/c1-18(2,20)12-21-17(22)14-9-7-13(8-10-14)11-23-16-6-4-3-5-15(16)19;/h3-10H,11-12,20H2,1-2H3,(H,21,22);1H. The van der Waals surface area contributed by atoms with Crippen LogP contribution in [0.1, 0.15) is 29.8 Å². The summed E-state index contributed by atoms with van der Waals surface area (Å²) in [5.74, 6) is 0.668. The molecule has 6 heteroatoms. The molecule has 0 aliphatic heterocycles. The Morgan fingerprint density at radius 3 is 2.38 bits per heavy atom. The third kappa shape index (κ3) is 6.51. The van der Waals surface area contributed by atoms with Gasteiger partial charge < -0.3 is 15.8 Å². The summed E-state index contributed by atoms with van der Waals surface area (Å²) in [5, 5.41) is 2.82. The Morgan fingerprint density at radius 1 is 1.17 bits per heavy atom. The van der Waals surface area contributed by atoms with Gasteiger partial charge in [-0.25, -0.2) is 0 Å². The molecular formula is C18H22BrClN2O2. The Bertz CT molecular complexity index is 669. The van der Waals surface area contributed by atoms with Gasteiger partial charge >= 0.3 is 0 Å². The number of hydrogen-bond donors (Lipinski definition) is 2. The Labute approximate surface area is 157 Å². The fourth-order valence-electron chi connectivity index (χ4n) is 1.89. The Kier molecular flexibility index (Phi) is 7.73. The van der Waals surface area contributed by atoms with Gasteiger partial charge in [0.15, 0.2) is 0 Å². The highest BCUT2D eigenvalue weighted by Crippen LogP contribution is 2.24. The van der Waals surface area contributed by atoms with Crippen LogP contribution in [0.3, 0.4) is 0 Å². The van der Waals surface area contributed by atoms with Crippen molar-refractivity contribution in [1.82, 2.24) is 5.32 Å². The molecule has 0 bridgehead atoms. The van der Waals surface area contributed by atoms with Crippen molar-refractivity contribution in [1.29, 1.82) is 0 Å². The second-order valence-electron chi connectivity index (χ2n) is 6.09. The zero-order valence-electron chi connectivity index (χ0n) is 13.7. The minimum atomic E-state index is -0.424. The maximum Gasteiger partial charge on any atom is 0.251 e. The van der Waals surface area contributed by atoms with E-state index in [4.69, 9.17) is 10.5 Å². The van der Waals surface area contributed by atoms with E-state index >= 15 is 0 Å². The Morgan fingerprint density at radius 2 is 1.79 bits per heavy atom. The average Bonchev–Trinajstić information content (AvgIpc) is 2.52. The Hall–Kier alpha value is -1.56. The summed E-state index contributed by atoms with van der Waals surface area (Å²) in [7, 11) is 0. The number of carbonyl (C=O) groups excluding carboxylic acids is 1. The van der Waals surface area contributed by atoms with Gasteiger partial charge in [0.1, 0.15) is 12.4 Å². The molecule has 0 spiro atoms. The topological polar surface area (TPSA) is 64.3 Å². The molecule has 2 rings (SSSR count). The van der Waals surface area contributed by atoms with Crippen LogP contribution in [0, 0.1) is 0 Å². The van der Waals surface area contributed by atoms with Gasteiger partial charge in [-0.1, -0.05) is 24.3 Å². The maximum atomic E-state index is 12.0. The third-order valence-corrected chi connectivity index (χ3v) is 3.81. The highest BCUT2D eigenvalue weighted by atomic mass is 79.9. The van der Waals surface area contributed by atoms with Crippen LogP contribution in [0.15, 0.2) is 53.0 Å². The van der Waals surface area contributed by atoms with Gasteiger partial charge in [0.2, 0.25) is 0 Å². The molecule has 0 aliphatic carbocycles. The maximum absolute atomic E-state index is 12.0. The molecule has 0 fully saturated rings. The zero-order valence-corrected chi connectivity index (χ0v) is 16.1. The van der Waals surface area contributed by atoms with Crippen LogP contribution in [-0.2, 0) is 6.61 Å². The van der Waals surface area contributed by atoms with E-state index in [1.807, 2.05) is 50.2 Å². The van der Waals surface area contributed by atoms with E-state index in [9.17, 15) is 4.79 Å². The van der Waals surface area contributed by atoms with Crippen molar-refractivity contribution in [3.63, 3.8) is 0 Å². The lowest BCUT2D eigenvalue weighted by Gasteiger charge is -2.18. The molecule has 1 amide bonds. The van der Waals surface area contributed by atoms with E-state index in [0.29, 0.717) is 18.7 Å². The number of benzene rings is 2. The van der Waals surface area contributed by atoms with Gasteiger partial charge in [0.25, 0.3) is 5.91 Å². The molecule has 0 aliphatic rings. The van der Waals surface area contributed by atoms with E-state index < -0.39 is 5.54 Å². The summed E-state index contributed by atoms with van der Waals surface area (Å²) >= 11 is 3.45.